The van der Waals surface area contributed by atoms with E-state index in [0.717, 1.165) is 46.8 Å². The van der Waals surface area contributed by atoms with Crippen molar-refractivity contribution < 1.29 is 4.74 Å². The molecule has 0 amide bonds. The fourth-order valence-corrected chi connectivity index (χ4v) is 3.34. The highest BCUT2D eigenvalue weighted by Crippen LogP contribution is 2.27. The van der Waals surface area contributed by atoms with Crippen molar-refractivity contribution in [2.24, 2.45) is 5.92 Å². The van der Waals surface area contributed by atoms with Gasteiger partial charge in [0.1, 0.15) is 0 Å². The van der Waals surface area contributed by atoms with Crippen molar-refractivity contribution in [1.29, 1.82) is 0 Å². The van der Waals surface area contributed by atoms with Crippen LogP contribution in [0.2, 0.25) is 5.02 Å². The van der Waals surface area contributed by atoms with Gasteiger partial charge >= 0.3 is 0 Å². The van der Waals surface area contributed by atoms with Crippen LogP contribution in [0.25, 0.3) is 11.0 Å². The molecule has 0 bridgehead atoms. The Morgan fingerprint density at radius 3 is 3.16 bits per heavy atom. The van der Waals surface area contributed by atoms with Crippen molar-refractivity contribution in [3.63, 3.8) is 0 Å². The molecular formula is C14H17ClN2OS. The van der Waals surface area contributed by atoms with E-state index in [1.165, 1.54) is 0 Å². The third-order valence-electron chi connectivity index (χ3n) is 3.90. The van der Waals surface area contributed by atoms with E-state index in [4.69, 9.17) is 28.6 Å². The van der Waals surface area contributed by atoms with E-state index in [-0.39, 0.29) is 0 Å². The van der Waals surface area contributed by atoms with Gasteiger partial charge < -0.3 is 14.3 Å². The molecule has 1 aromatic heterocycles. The third kappa shape index (κ3) is 2.45. The number of imidazole rings is 1. The Bertz CT molecular complexity index is 648. The zero-order chi connectivity index (χ0) is 13.4. The van der Waals surface area contributed by atoms with E-state index >= 15 is 0 Å². The topological polar surface area (TPSA) is 29.9 Å². The first-order valence-electron chi connectivity index (χ1n) is 6.68. The predicted octanol–water partition coefficient (Wildman–Crippen LogP) is 4.17. The van der Waals surface area contributed by atoms with Gasteiger partial charge in [-0.05, 0) is 43.3 Å². The van der Waals surface area contributed by atoms with E-state index in [2.05, 4.69) is 16.5 Å². The van der Waals surface area contributed by atoms with Gasteiger partial charge in [0.25, 0.3) is 0 Å². The predicted molar refractivity (Wildman–Crippen MR) is 80.3 cm³/mol. The molecule has 0 spiro atoms. The Labute approximate surface area is 122 Å². The van der Waals surface area contributed by atoms with Gasteiger partial charge in [-0.15, -0.1) is 0 Å². The van der Waals surface area contributed by atoms with Gasteiger partial charge in [0.15, 0.2) is 4.77 Å². The van der Waals surface area contributed by atoms with Crippen LogP contribution in [0.4, 0.5) is 0 Å². The number of ether oxygens (including phenoxy) is 1. The van der Waals surface area contributed by atoms with Gasteiger partial charge in [-0.1, -0.05) is 18.5 Å². The molecule has 1 N–H and O–H groups in total. The molecule has 1 saturated heterocycles. The second kappa shape index (κ2) is 5.27. The molecular weight excluding hydrogens is 280 g/mol. The molecule has 0 radical (unpaired) electrons. The van der Waals surface area contributed by atoms with Crippen molar-refractivity contribution in [2.75, 3.05) is 6.61 Å². The molecule has 102 valence electrons. The maximum atomic E-state index is 6.09. The van der Waals surface area contributed by atoms with Crippen LogP contribution in [0, 0.1) is 10.7 Å². The minimum absolute atomic E-state index is 0.353. The summed E-state index contributed by atoms with van der Waals surface area (Å²) in [5.41, 5.74) is 2.13. The largest absolute Gasteiger partial charge is 0.378 e. The average Bonchev–Trinajstić information content (AvgIpc) is 2.96. The van der Waals surface area contributed by atoms with Crippen molar-refractivity contribution in [3.8, 4) is 0 Å². The molecule has 2 heterocycles. The molecule has 2 aromatic rings. The first kappa shape index (κ1) is 13.2. The Morgan fingerprint density at radius 1 is 1.53 bits per heavy atom. The van der Waals surface area contributed by atoms with Crippen molar-refractivity contribution >= 4 is 34.9 Å². The number of aromatic amines is 1. The van der Waals surface area contributed by atoms with Gasteiger partial charge in [-0.2, -0.15) is 0 Å². The van der Waals surface area contributed by atoms with Crippen LogP contribution < -0.4 is 0 Å². The molecule has 1 fully saturated rings. The summed E-state index contributed by atoms with van der Waals surface area (Å²) in [4.78, 5) is 3.24. The summed E-state index contributed by atoms with van der Waals surface area (Å²) in [6.45, 7) is 3.94. The van der Waals surface area contributed by atoms with Crippen LogP contribution in [-0.4, -0.2) is 22.3 Å². The molecule has 0 saturated carbocycles. The van der Waals surface area contributed by atoms with E-state index in [0.29, 0.717) is 12.0 Å². The molecule has 0 aliphatic carbocycles. The normalized spacial score (nSPS) is 23.3. The molecule has 1 aliphatic heterocycles. The fourth-order valence-electron chi connectivity index (χ4n) is 2.89. The molecule has 1 aliphatic rings. The number of H-pyrrole nitrogens is 1. The lowest BCUT2D eigenvalue weighted by molar-refractivity contribution is 0.0837. The second-order valence-electron chi connectivity index (χ2n) is 5.07. The number of hydrogen-bond donors (Lipinski definition) is 1. The van der Waals surface area contributed by atoms with E-state index < -0.39 is 0 Å². The second-order valence-corrected chi connectivity index (χ2v) is 5.89. The number of benzene rings is 1. The lowest BCUT2D eigenvalue weighted by atomic mass is 9.99. The summed E-state index contributed by atoms with van der Waals surface area (Å²) >= 11 is 11.5. The molecule has 5 heteroatoms. The molecule has 2 atom stereocenters. The quantitative estimate of drug-likeness (QED) is 0.862. The zero-order valence-corrected chi connectivity index (χ0v) is 12.4. The lowest BCUT2D eigenvalue weighted by Gasteiger charge is -2.17. The number of aromatic nitrogens is 2. The van der Waals surface area contributed by atoms with Gasteiger partial charge in [0.05, 0.1) is 17.1 Å². The number of nitrogens with one attached hydrogen (secondary N) is 1. The van der Waals surface area contributed by atoms with Gasteiger partial charge in [0.2, 0.25) is 0 Å². The number of rotatable bonds is 3. The van der Waals surface area contributed by atoms with E-state index in [1.807, 2.05) is 18.2 Å². The van der Waals surface area contributed by atoms with Crippen LogP contribution in [0.3, 0.4) is 0 Å². The van der Waals surface area contributed by atoms with E-state index in [9.17, 15) is 0 Å². The minimum Gasteiger partial charge on any atom is -0.378 e. The standard InChI is InChI=1S/C14H17ClN2OS/c1-2-13-9(5-6-18-13)8-17-12-7-10(15)3-4-11(12)16-14(17)19/h3-4,7,9,13H,2,5-6,8H2,1H3,(H,16,19). The average molecular weight is 297 g/mol. The van der Waals surface area contributed by atoms with Crippen molar-refractivity contribution in [3.05, 3.63) is 28.0 Å². The van der Waals surface area contributed by atoms with Crippen molar-refractivity contribution in [1.82, 2.24) is 9.55 Å². The zero-order valence-electron chi connectivity index (χ0n) is 10.9. The van der Waals surface area contributed by atoms with Gasteiger partial charge in [-0.25, -0.2) is 0 Å². The Balaban J connectivity index is 1.98. The summed E-state index contributed by atoms with van der Waals surface area (Å²) in [5.74, 6) is 0.537. The summed E-state index contributed by atoms with van der Waals surface area (Å²) in [5, 5.41) is 0.741. The maximum Gasteiger partial charge on any atom is 0.178 e. The molecule has 3 nitrogen and oxygen atoms in total. The molecule has 2 unspecified atom stereocenters. The summed E-state index contributed by atoms with van der Waals surface area (Å²) in [6, 6.07) is 5.83. The molecule has 3 rings (SSSR count). The number of fused-ring (bicyclic) bond motifs is 1. The molecule has 1 aromatic carbocycles. The molecule has 19 heavy (non-hydrogen) atoms. The monoisotopic (exact) mass is 296 g/mol. The van der Waals surface area contributed by atoms with Crippen LogP contribution in [0.15, 0.2) is 18.2 Å². The number of halogens is 1. The maximum absolute atomic E-state index is 6.09. The van der Waals surface area contributed by atoms with Gasteiger partial charge in [0, 0.05) is 24.1 Å². The Hall–Kier alpha value is -0.840. The van der Waals surface area contributed by atoms with Crippen molar-refractivity contribution in [2.45, 2.75) is 32.4 Å². The minimum atomic E-state index is 0.353. The first-order chi connectivity index (χ1) is 9.19. The highest BCUT2D eigenvalue weighted by molar-refractivity contribution is 7.71. The third-order valence-corrected chi connectivity index (χ3v) is 4.46. The number of nitrogens with zero attached hydrogens (tertiary/aromatic N) is 1. The smallest absolute Gasteiger partial charge is 0.178 e. The highest BCUT2D eigenvalue weighted by Gasteiger charge is 2.27. The van der Waals surface area contributed by atoms with Crippen LogP contribution >= 0.6 is 23.8 Å². The summed E-state index contributed by atoms with van der Waals surface area (Å²) in [6.07, 6.45) is 2.51. The fraction of sp³-hybridized carbons (Fsp3) is 0.500. The van der Waals surface area contributed by atoms with E-state index in [1.54, 1.807) is 0 Å². The lowest BCUT2D eigenvalue weighted by Crippen LogP contribution is -2.20. The first-order valence-corrected chi connectivity index (χ1v) is 7.47. The van der Waals surface area contributed by atoms with Gasteiger partial charge in [-0.3, -0.25) is 0 Å². The van der Waals surface area contributed by atoms with Crippen LogP contribution in [0.5, 0.6) is 0 Å². The number of hydrogen-bond acceptors (Lipinski definition) is 2. The Morgan fingerprint density at radius 2 is 2.37 bits per heavy atom. The Kier molecular flexibility index (Phi) is 3.65. The van der Waals surface area contributed by atoms with Crippen LogP contribution in [-0.2, 0) is 11.3 Å². The highest BCUT2D eigenvalue weighted by atomic mass is 35.5. The van der Waals surface area contributed by atoms with Crippen LogP contribution in [0.1, 0.15) is 19.8 Å². The summed E-state index contributed by atoms with van der Waals surface area (Å²) in [7, 11) is 0. The summed E-state index contributed by atoms with van der Waals surface area (Å²) < 4.78 is 8.67. The SMILES string of the molecule is CCC1OCCC1Cn1c(=S)[nH]c2ccc(Cl)cc21.